The number of unbranched alkanes of at least 4 members (excludes halogenated alkanes) is 33. The molecule has 12 nitrogen and oxygen atoms in total. The number of nitrogens with one attached hydrogen (secondary N) is 1. The number of rotatable bonds is 45. The Bertz CT molecular complexity index is 1180. The number of allylic oxidation sites excluding steroid dienone is 1. The van der Waals surface area contributed by atoms with E-state index in [0.717, 1.165) is 38.5 Å². The molecule has 1 saturated heterocycles. The SMILES string of the molecule is CCCCCCCCCC/C=C/C(O)C(COC1OC(CO)C(O)C(OS(=O)(=O)O)C1O)NC(=O)CCCCCCCCCCCCCCCCCCCCCCCCCCCC. The second-order valence-electron chi connectivity index (χ2n) is 18.5. The fraction of sp³-hybridized carbons (Fsp3) is 0.940. The topological polar surface area (TPSA) is 192 Å². The van der Waals surface area contributed by atoms with Crippen molar-refractivity contribution in [1.82, 2.24) is 5.32 Å². The van der Waals surface area contributed by atoms with Crippen LogP contribution >= 0.6 is 0 Å². The summed E-state index contributed by atoms with van der Waals surface area (Å²) in [5.74, 6) is -0.259. The molecule has 1 fully saturated rings. The Morgan fingerprint density at radius 3 is 1.38 bits per heavy atom. The first-order valence-corrected chi connectivity index (χ1v) is 27.4. The first-order valence-electron chi connectivity index (χ1n) is 26.1. The van der Waals surface area contributed by atoms with E-state index < -0.39 is 59.9 Å². The van der Waals surface area contributed by atoms with Crippen molar-refractivity contribution in [3.8, 4) is 0 Å². The van der Waals surface area contributed by atoms with E-state index in [2.05, 4.69) is 23.3 Å². The van der Waals surface area contributed by atoms with Crippen LogP contribution in [-0.4, -0.2) is 95.4 Å². The molecule has 1 amide bonds. The molecule has 0 aromatic heterocycles. The molecule has 1 heterocycles. The zero-order chi connectivity index (χ0) is 46.2. The maximum absolute atomic E-state index is 13.0. The monoisotopic (exact) mass is 920 g/mol. The Labute approximate surface area is 385 Å². The van der Waals surface area contributed by atoms with Gasteiger partial charge >= 0.3 is 10.4 Å². The van der Waals surface area contributed by atoms with Crippen molar-refractivity contribution in [2.24, 2.45) is 0 Å². The summed E-state index contributed by atoms with van der Waals surface area (Å²) in [5, 5.41) is 44.7. The van der Waals surface area contributed by atoms with Crippen molar-refractivity contribution in [1.29, 1.82) is 0 Å². The van der Waals surface area contributed by atoms with E-state index in [1.165, 1.54) is 180 Å². The Hall–Kier alpha value is -1.16. The highest BCUT2D eigenvalue weighted by Gasteiger charge is 2.48. The molecule has 13 heteroatoms. The van der Waals surface area contributed by atoms with Gasteiger partial charge in [0.25, 0.3) is 0 Å². The summed E-state index contributed by atoms with van der Waals surface area (Å²) >= 11 is 0. The van der Waals surface area contributed by atoms with Gasteiger partial charge in [-0.2, -0.15) is 8.42 Å². The molecule has 7 unspecified atom stereocenters. The first kappa shape index (κ1) is 59.9. The molecule has 0 bridgehead atoms. The maximum atomic E-state index is 13.0. The molecule has 1 rings (SSSR count). The fourth-order valence-electron chi connectivity index (χ4n) is 8.52. The van der Waals surface area contributed by atoms with Crippen molar-refractivity contribution in [3.63, 3.8) is 0 Å². The molecular formula is C50H97NO11S. The molecule has 6 N–H and O–H groups in total. The van der Waals surface area contributed by atoms with Crippen LogP contribution in [0.3, 0.4) is 0 Å². The third-order valence-corrected chi connectivity index (χ3v) is 13.0. The zero-order valence-corrected chi connectivity index (χ0v) is 41.0. The van der Waals surface area contributed by atoms with E-state index in [9.17, 15) is 38.2 Å². The molecule has 0 saturated carbocycles. The predicted molar refractivity (Wildman–Crippen MR) is 255 cm³/mol. The summed E-state index contributed by atoms with van der Waals surface area (Å²) in [7, 11) is -5.08. The van der Waals surface area contributed by atoms with E-state index in [1.807, 2.05) is 6.08 Å². The molecule has 1 aliphatic rings. The minimum atomic E-state index is -5.08. The van der Waals surface area contributed by atoms with Crippen molar-refractivity contribution in [2.75, 3.05) is 13.2 Å². The van der Waals surface area contributed by atoms with Crippen LogP contribution < -0.4 is 5.32 Å². The molecule has 0 aromatic carbocycles. The van der Waals surface area contributed by atoms with Gasteiger partial charge in [-0.1, -0.05) is 231 Å². The van der Waals surface area contributed by atoms with Crippen molar-refractivity contribution >= 4 is 16.3 Å². The lowest BCUT2D eigenvalue weighted by atomic mass is 9.99. The van der Waals surface area contributed by atoms with Crippen molar-refractivity contribution in [3.05, 3.63) is 12.2 Å². The third kappa shape index (κ3) is 33.9. The van der Waals surface area contributed by atoms with Gasteiger partial charge in [0.1, 0.15) is 24.4 Å². The Balaban J connectivity index is 2.30. The number of ether oxygens (including phenoxy) is 2. The normalized spacial score (nSPS) is 20.4. The second kappa shape index (κ2) is 41.1. The van der Waals surface area contributed by atoms with Crippen LogP contribution in [0.4, 0.5) is 0 Å². The van der Waals surface area contributed by atoms with Gasteiger partial charge in [-0.05, 0) is 19.3 Å². The van der Waals surface area contributed by atoms with E-state index in [-0.39, 0.29) is 18.9 Å². The summed E-state index contributed by atoms with van der Waals surface area (Å²) in [4.78, 5) is 13.0. The quantitative estimate of drug-likeness (QED) is 0.0193. The van der Waals surface area contributed by atoms with Crippen LogP contribution in [0.25, 0.3) is 0 Å². The van der Waals surface area contributed by atoms with Gasteiger partial charge in [-0.15, -0.1) is 0 Å². The number of aliphatic hydroxyl groups excluding tert-OH is 4. The molecule has 63 heavy (non-hydrogen) atoms. The largest absolute Gasteiger partial charge is 0.397 e. The smallest absolute Gasteiger partial charge is 0.394 e. The predicted octanol–water partition coefficient (Wildman–Crippen LogP) is 11.1. The van der Waals surface area contributed by atoms with E-state index in [4.69, 9.17) is 9.47 Å². The standard InChI is InChI=1S/C50H97NO11S/c1-3-5-7-9-11-13-15-16-17-18-19-20-21-22-23-24-25-26-27-28-29-30-32-34-36-38-40-46(54)51-43(44(53)39-37-35-33-31-14-12-10-8-6-4-2)42-60-50-48(56)49(62-63(57,58)59)47(55)45(41-52)61-50/h37,39,43-45,47-50,52-53,55-56H,3-36,38,40-42H2,1-2H3,(H,51,54)(H,57,58,59)/b39-37+. The van der Waals surface area contributed by atoms with E-state index in [1.54, 1.807) is 6.08 Å². The van der Waals surface area contributed by atoms with Gasteiger partial charge in [0.15, 0.2) is 6.29 Å². The lowest BCUT2D eigenvalue weighted by Gasteiger charge is -2.41. The number of hydrogen-bond acceptors (Lipinski definition) is 10. The average Bonchev–Trinajstić information content (AvgIpc) is 3.25. The fourth-order valence-corrected chi connectivity index (χ4v) is 9.02. The van der Waals surface area contributed by atoms with Crippen molar-refractivity contribution in [2.45, 2.75) is 288 Å². The van der Waals surface area contributed by atoms with Crippen LogP contribution in [0, 0.1) is 0 Å². The molecule has 1 aliphatic heterocycles. The highest BCUT2D eigenvalue weighted by atomic mass is 32.3. The summed E-state index contributed by atoms with van der Waals surface area (Å²) in [6.07, 6.45) is 38.5. The van der Waals surface area contributed by atoms with Gasteiger partial charge in [-0.25, -0.2) is 4.18 Å². The number of hydrogen-bond donors (Lipinski definition) is 6. The van der Waals surface area contributed by atoms with Gasteiger partial charge < -0.3 is 35.2 Å². The number of carbonyl (C=O) groups is 1. The van der Waals surface area contributed by atoms with Crippen LogP contribution in [0.5, 0.6) is 0 Å². The van der Waals surface area contributed by atoms with E-state index >= 15 is 0 Å². The summed E-state index contributed by atoms with van der Waals surface area (Å²) < 4.78 is 47.6. The molecule has 0 radical (unpaired) electrons. The summed E-state index contributed by atoms with van der Waals surface area (Å²) in [5.41, 5.74) is 0. The van der Waals surface area contributed by atoms with Crippen molar-refractivity contribution < 1.29 is 51.8 Å². The zero-order valence-electron chi connectivity index (χ0n) is 40.2. The van der Waals surface area contributed by atoms with Crippen LogP contribution in [0.1, 0.15) is 245 Å². The van der Waals surface area contributed by atoms with Gasteiger partial charge in [0.2, 0.25) is 5.91 Å². The van der Waals surface area contributed by atoms with E-state index in [0.29, 0.717) is 6.42 Å². The summed E-state index contributed by atoms with van der Waals surface area (Å²) in [6, 6.07) is -0.937. The highest BCUT2D eigenvalue weighted by Crippen LogP contribution is 2.26. The lowest BCUT2D eigenvalue weighted by Crippen LogP contribution is -2.61. The molecule has 0 spiro atoms. The highest BCUT2D eigenvalue weighted by molar-refractivity contribution is 7.80. The molecule has 0 aliphatic carbocycles. The number of amides is 1. The minimum absolute atomic E-state index is 0.259. The number of carbonyl (C=O) groups excluding carboxylic acids is 1. The number of aliphatic hydroxyl groups is 4. The molecular weight excluding hydrogens is 823 g/mol. The Morgan fingerprint density at radius 2 is 1.00 bits per heavy atom. The first-order chi connectivity index (χ1) is 30.5. The lowest BCUT2D eigenvalue weighted by molar-refractivity contribution is -0.298. The second-order valence-corrected chi connectivity index (χ2v) is 19.5. The Morgan fingerprint density at radius 1 is 0.619 bits per heavy atom. The Kier molecular flexibility index (Phi) is 39.0. The molecule has 0 aromatic rings. The third-order valence-electron chi connectivity index (χ3n) is 12.6. The summed E-state index contributed by atoms with van der Waals surface area (Å²) in [6.45, 7) is 3.38. The van der Waals surface area contributed by atoms with Gasteiger partial charge in [-0.3, -0.25) is 9.35 Å². The molecule has 7 atom stereocenters. The van der Waals surface area contributed by atoms with Gasteiger partial charge in [0, 0.05) is 6.42 Å². The molecule has 374 valence electrons. The maximum Gasteiger partial charge on any atom is 0.397 e. The average molecular weight is 920 g/mol. The minimum Gasteiger partial charge on any atom is -0.394 e. The van der Waals surface area contributed by atoms with Crippen LogP contribution in [0.15, 0.2) is 12.2 Å². The van der Waals surface area contributed by atoms with Crippen LogP contribution in [0.2, 0.25) is 0 Å². The van der Waals surface area contributed by atoms with Crippen LogP contribution in [-0.2, 0) is 28.9 Å². The van der Waals surface area contributed by atoms with Gasteiger partial charge in [0.05, 0.1) is 25.4 Å².